The molecule has 1 saturated heterocycles. The van der Waals surface area contributed by atoms with Gasteiger partial charge in [-0.05, 0) is 0 Å². The minimum atomic E-state index is -1.65. The fraction of sp³-hybridized carbons (Fsp3) is 1.00. The van der Waals surface area contributed by atoms with Crippen molar-refractivity contribution < 1.29 is 29.6 Å². The van der Waals surface area contributed by atoms with E-state index in [2.05, 4.69) is 4.74 Å². The zero-order valence-corrected chi connectivity index (χ0v) is 6.17. The van der Waals surface area contributed by atoms with Crippen LogP contribution in [0.5, 0.6) is 0 Å². The Morgan fingerprint density at radius 2 is 1.58 bits per heavy atom. The van der Waals surface area contributed by atoms with Gasteiger partial charge in [0, 0.05) is 0 Å². The monoisotopic (exact) mass is 182 g/mol. The molecule has 12 heavy (non-hydrogen) atoms. The van der Waals surface area contributed by atoms with Gasteiger partial charge in [0.2, 0.25) is 0 Å². The van der Waals surface area contributed by atoms with Gasteiger partial charge in [0.25, 0.3) is 0 Å². The first kappa shape index (κ1) is 9.82. The van der Waals surface area contributed by atoms with E-state index in [4.69, 9.17) is 20.4 Å². The van der Waals surface area contributed by atoms with Gasteiger partial charge in [-0.2, -0.15) is 0 Å². The minimum Gasteiger partial charge on any atom is -0.387 e. The third-order valence-corrected chi connectivity index (χ3v) is 1.84. The third kappa shape index (κ3) is 1.57. The summed E-state index contributed by atoms with van der Waals surface area (Å²) in [6.45, 7) is -1.03. The smallest absolute Gasteiger partial charge is 0.184 e. The van der Waals surface area contributed by atoms with Crippen LogP contribution >= 0.6 is 0 Å². The van der Waals surface area contributed by atoms with Crippen molar-refractivity contribution in [3.8, 4) is 0 Å². The average molecular weight is 182 g/mol. The minimum absolute atomic E-state index is 1.03. The van der Waals surface area contributed by atoms with Gasteiger partial charge >= 0.3 is 0 Å². The van der Waals surface area contributed by atoms with E-state index in [1.54, 1.807) is 0 Å². The standard InChI is InChI=1S/C6H11FO5/c7-1-2-3(8)4(9)5(10)6(11)12-2/h2-6,8-11H,1H2. The van der Waals surface area contributed by atoms with Gasteiger partial charge in [-0.25, -0.2) is 4.39 Å². The zero-order chi connectivity index (χ0) is 9.30. The second-order valence-corrected chi connectivity index (χ2v) is 2.69. The number of alkyl halides is 1. The van der Waals surface area contributed by atoms with Crippen molar-refractivity contribution in [2.75, 3.05) is 6.67 Å². The number of hydrogen-bond acceptors (Lipinski definition) is 5. The summed E-state index contributed by atoms with van der Waals surface area (Å²) < 4.78 is 16.5. The van der Waals surface area contributed by atoms with E-state index in [0.717, 1.165) is 0 Å². The molecule has 1 fully saturated rings. The van der Waals surface area contributed by atoms with Gasteiger partial charge in [0.05, 0.1) is 0 Å². The first-order valence-corrected chi connectivity index (χ1v) is 3.51. The molecule has 0 aromatic rings. The summed E-state index contributed by atoms with van der Waals surface area (Å²) >= 11 is 0. The molecule has 1 aliphatic heterocycles. The molecule has 5 nitrogen and oxygen atoms in total. The molecule has 4 N–H and O–H groups in total. The highest BCUT2D eigenvalue weighted by atomic mass is 19.1. The van der Waals surface area contributed by atoms with Gasteiger partial charge in [0.1, 0.15) is 31.1 Å². The highest BCUT2D eigenvalue weighted by molar-refractivity contribution is 4.88. The van der Waals surface area contributed by atoms with Crippen molar-refractivity contribution in [2.24, 2.45) is 0 Å². The van der Waals surface area contributed by atoms with Gasteiger partial charge in [0.15, 0.2) is 6.29 Å². The van der Waals surface area contributed by atoms with Crippen LogP contribution in [0.3, 0.4) is 0 Å². The molecular weight excluding hydrogens is 171 g/mol. The molecule has 0 aromatic heterocycles. The Morgan fingerprint density at radius 3 is 2.08 bits per heavy atom. The van der Waals surface area contributed by atoms with Gasteiger partial charge in [-0.1, -0.05) is 0 Å². The number of hydrogen-bond donors (Lipinski definition) is 4. The van der Waals surface area contributed by atoms with Gasteiger partial charge in [-0.3, -0.25) is 0 Å². The van der Waals surface area contributed by atoms with Crippen molar-refractivity contribution in [2.45, 2.75) is 30.7 Å². The molecule has 0 amide bonds. The Hall–Kier alpha value is -0.270. The molecule has 0 saturated carbocycles. The molecule has 1 heterocycles. The molecule has 0 bridgehead atoms. The Labute approximate surface area is 68.0 Å². The van der Waals surface area contributed by atoms with Crippen LogP contribution in [0.4, 0.5) is 4.39 Å². The molecular formula is C6H11FO5. The fourth-order valence-electron chi connectivity index (χ4n) is 1.06. The summed E-state index contributed by atoms with van der Waals surface area (Å²) in [5, 5.41) is 35.8. The molecule has 6 heteroatoms. The van der Waals surface area contributed by atoms with Crippen LogP contribution in [0, 0.1) is 0 Å². The van der Waals surface area contributed by atoms with Crippen LogP contribution in [-0.4, -0.2) is 57.8 Å². The van der Waals surface area contributed by atoms with Crippen molar-refractivity contribution in [3.05, 3.63) is 0 Å². The Balaban J connectivity index is 2.63. The van der Waals surface area contributed by atoms with E-state index in [9.17, 15) is 4.39 Å². The number of halogens is 1. The van der Waals surface area contributed by atoms with Gasteiger partial charge < -0.3 is 25.2 Å². The summed E-state index contributed by atoms with van der Waals surface area (Å²) in [4.78, 5) is 0. The van der Waals surface area contributed by atoms with E-state index < -0.39 is 37.4 Å². The highest BCUT2D eigenvalue weighted by Crippen LogP contribution is 2.19. The lowest BCUT2D eigenvalue weighted by Crippen LogP contribution is -2.58. The van der Waals surface area contributed by atoms with E-state index in [1.807, 2.05) is 0 Å². The molecule has 0 aliphatic carbocycles. The lowest BCUT2D eigenvalue weighted by Gasteiger charge is -2.37. The Kier molecular flexibility index (Phi) is 2.97. The van der Waals surface area contributed by atoms with Gasteiger partial charge in [-0.15, -0.1) is 0 Å². The average Bonchev–Trinajstić information content (AvgIpc) is 2.08. The SMILES string of the molecule is OC1OC(CF)C(O)C(O)C1O. The molecule has 5 atom stereocenters. The molecule has 0 radical (unpaired) electrons. The number of rotatable bonds is 1. The van der Waals surface area contributed by atoms with Crippen LogP contribution < -0.4 is 0 Å². The maximum atomic E-state index is 12.0. The number of aliphatic hydroxyl groups is 4. The molecule has 72 valence electrons. The molecule has 1 aliphatic rings. The van der Waals surface area contributed by atoms with Crippen LogP contribution in [0.1, 0.15) is 0 Å². The van der Waals surface area contributed by atoms with Crippen LogP contribution in [-0.2, 0) is 4.74 Å². The zero-order valence-electron chi connectivity index (χ0n) is 6.17. The lowest BCUT2D eigenvalue weighted by molar-refractivity contribution is -0.283. The van der Waals surface area contributed by atoms with E-state index in [0.29, 0.717) is 0 Å². The van der Waals surface area contributed by atoms with Crippen molar-refractivity contribution in [1.29, 1.82) is 0 Å². The van der Waals surface area contributed by atoms with E-state index >= 15 is 0 Å². The Bertz CT molecular complexity index is 150. The number of aliphatic hydroxyl groups excluding tert-OH is 4. The highest BCUT2D eigenvalue weighted by Gasteiger charge is 2.42. The molecule has 5 unspecified atom stereocenters. The molecule has 0 spiro atoms. The van der Waals surface area contributed by atoms with Crippen LogP contribution in [0.15, 0.2) is 0 Å². The lowest BCUT2D eigenvalue weighted by atomic mass is 10.00. The second-order valence-electron chi connectivity index (χ2n) is 2.69. The Morgan fingerprint density at radius 1 is 1.00 bits per heavy atom. The maximum Gasteiger partial charge on any atom is 0.184 e. The van der Waals surface area contributed by atoms with Crippen LogP contribution in [0.25, 0.3) is 0 Å². The quantitative estimate of drug-likeness (QED) is 0.368. The first-order valence-electron chi connectivity index (χ1n) is 3.51. The predicted molar refractivity (Wildman–Crippen MR) is 34.9 cm³/mol. The van der Waals surface area contributed by atoms with E-state index in [1.165, 1.54) is 0 Å². The van der Waals surface area contributed by atoms with Crippen LogP contribution in [0.2, 0.25) is 0 Å². The summed E-state index contributed by atoms with van der Waals surface area (Å²) in [5.74, 6) is 0. The van der Waals surface area contributed by atoms with E-state index in [-0.39, 0.29) is 0 Å². The third-order valence-electron chi connectivity index (χ3n) is 1.84. The molecule has 1 rings (SSSR count). The summed E-state index contributed by atoms with van der Waals surface area (Å²) in [7, 11) is 0. The van der Waals surface area contributed by atoms with Crippen molar-refractivity contribution in [1.82, 2.24) is 0 Å². The predicted octanol–water partition coefficient (Wildman–Crippen LogP) is -2.24. The van der Waals surface area contributed by atoms with Crippen molar-refractivity contribution in [3.63, 3.8) is 0 Å². The molecule has 0 aromatic carbocycles. The normalized spacial score (nSPS) is 49.2. The first-order chi connectivity index (χ1) is 5.57. The largest absolute Gasteiger partial charge is 0.387 e. The van der Waals surface area contributed by atoms with Crippen molar-refractivity contribution >= 4 is 0 Å². The topological polar surface area (TPSA) is 90.2 Å². The fourth-order valence-corrected chi connectivity index (χ4v) is 1.06. The second kappa shape index (κ2) is 3.63. The number of ether oxygens (including phenoxy) is 1. The summed E-state index contributed by atoms with van der Waals surface area (Å²) in [6.07, 6.45) is -7.60. The summed E-state index contributed by atoms with van der Waals surface area (Å²) in [6, 6.07) is 0. The summed E-state index contributed by atoms with van der Waals surface area (Å²) in [5.41, 5.74) is 0. The maximum absolute atomic E-state index is 12.0.